The van der Waals surface area contributed by atoms with Crippen LogP contribution in [0, 0.1) is 0 Å². The number of nitrogens with one attached hydrogen (secondary N) is 2. The molecule has 0 radical (unpaired) electrons. The lowest BCUT2D eigenvalue weighted by atomic mass is 10.1. The first-order valence-corrected chi connectivity index (χ1v) is 9.39. The molecule has 1 aliphatic heterocycles. The van der Waals surface area contributed by atoms with Gasteiger partial charge in [-0.15, -0.1) is 11.8 Å². The summed E-state index contributed by atoms with van der Waals surface area (Å²) in [7, 11) is 0. The zero-order valence-electron chi connectivity index (χ0n) is 13.6. The quantitative estimate of drug-likeness (QED) is 0.839. The fraction of sp³-hybridized carbons (Fsp3) is 0.611. The molecule has 1 unspecified atom stereocenters. The van der Waals surface area contributed by atoms with Crippen molar-refractivity contribution in [2.45, 2.75) is 47.8 Å². The van der Waals surface area contributed by atoms with Gasteiger partial charge in [0.05, 0.1) is 13.2 Å². The van der Waals surface area contributed by atoms with Crippen molar-refractivity contribution < 1.29 is 9.53 Å². The zero-order valence-corrected chi connectivity index (χ0v) is 14.4. The second-order valence-electron chi connectivity index (χ2n) is 6.51. The minimum atomic E-state index is 0.132. The van der Waals surface area contributed by atoms with Crippen LogP contribution in [0.5, 0.6) is 0 Å². The first-order chi connectivity index (χ1) is 11.3. The first kappa shape index (κ1) is 16.8. The maximum Gasteiger partial charge on any atom is 0.221 e. The highest BCUT2D eigenvalue weighted by Gasteiger charge is 2.35. The van der Waals surface area contributed by atoms with Crippen molar-refractivity contribution in [2.75, 3.05) is 26.3 Å². The van der Waals surface area contributed by atoms with Crippen LogP contribution < -0.4 is 10.6 Å². The Bertz CT molecular complexity index is 497. The topological polar surface area (TPSA) is 50.4 Å². The van der Waals surface area contributed by atoms with Crippen LogP contribution in [-0.4, -0.2) is 43.0 Å². The largest absolute Gasteiger partial charge is 0.378 e. The van der Waals surface area contributed by atoms with Crippen molar-refractivity contribution in [2.24, 2.45) is 0 Å². The van der Waals surface area contributed by atoms with Crippen LogP contribution in [0.25, 0.3) is 0 Å². The second-order valence-corrected chi connectivity index (χ2v) is 8.05. The molecule has 1 aromatic carbocycles. The summed E-state index contributed by atoms with van der Waals surface area (Å²) in [5.74, 6) is 0.132. The zero-order chi connectivity index (χ0) is 16.0. The third-order valence-electron chi connectivity index (χ3n) is 4.63. The lowest BCUT2D eigenvalue weighted by Crippen LogP contribution is -2.46. The maximum absolute atomic E-state index is 12.2. The van der Waals surface area contributed by atoms with Crippen LogP contribution in [0.15, 0.2) is 35.2 Å². The fourth-order valence-electron chi connectivity index (χ4n) is 3.38. The second kappa shape index (κ2) is 8.18. The third kappa shape index (κ3) is 4.96. The summed E-state index contributed by atoms with van der Waals surface area (Å²) in [5.41, 5.74) is 0. The number of carbonyl (C=O) groups is 1. The van der Waals surface area contributed by atoms with Crippen molar-refractivity contribution in [3.63, 3.8) is 0 Å². The molecule has 3 rings (SSSR count). The van der Waals surface area contributed by atoms with Gasteiger partial charge in [-0.05, 0) is 25.0 Å². The molecule has 0 aromatic heterocycles. The molecule has 1 saturated heterocycles. The molecular formula is C18H26N2O2S. The van der Waals surface area contributed by atoms with E-state index in [2.05, 4.69) is 34.9 Å². The van der Waals surface area contributed by atoms with E-state index in [1.54, 1.807) is 0 Å². The summed E-state index contributed by atoms with van der Waals surface area (Å²) >= 11 is 1.93. The Labute approximate surface area is 142 Å². The van der Waals surface area contributed by atoms with Crippen LogP contribution in [-0.2, 0) is 9.53 Å². The Morgan fingerprint density at radius 2 is 2.09 bits per heavy atom. The van der Waals surface area contributed by atoms with Gasteiger partial charge in [-0.25, -0.2) is 0 Å². The standard InChI is InChI=1S/C18H26N2O2S/c21-17(12-15-13-22-11-10-19-15)20-14-18(8-4-5-9-18)23-16-6-2-1-3-7-16/h1-3,6-7,15,19H,4-5,8-14H2,(H,20,21). The van der Waals surface area contributed by atoms with Crippen LogP contribution in [0.1, 0.15) is 32.1 Å². The van der Waals surface area contributed by atoms with Crippen LogP contribution in [0.2, 0.25) is 0 Å². The lowest BCUT2D eigenvalue weighted by molar-refractivity contribution is -0.122. The monoisotopic (exact) mass is 334 g/mol. The number of thioether (sulfide) groups is 1. The van der Waals surface area contributed by atoms with Crippen LogP contribution in [0.3, 0.4) is 0 Å². The lowest BCUT2D eigenvalue weighted by Gasteiger charge is -2.29. The highest BCUT2D eigenvalue weighted by atomic mass is 32.2. The van der Waals surface area contributed by atoms with Gasteiger partial charge in [0.25, 0.3) is 0 Å². The Morgan fingerprint density at radius 3 is 2.78 bits per heavy atom. The van der Waals surface area contributed by atoms with Gasteiger partial charge in [-0.2, -0.15) is 0 Å². The summed E-state index contributed by atoms with van der Waals surface area (Å²) in [6, 6.07) is 10.7. The van der Waals surface area contributed by atoms with E-state index in [-0.39, 0.29) is 16.7 Å². The van der Waals surface area contributed by atoms with Gasteiger partial charge in [-0.1, -0.05) is 31.0 Å². The fourth-order valence-corrected chi connectivity index (χ4v) is 4.81. The number of benzene rings is 1. The minimum absolute atomic E-state index is 0.132. The molecule has 2 N–H and O–H groups in total. The van der Waals surface area contributed by atoms with E-state index in [9.17, 15) is 4.79 Å². The molecule has 1 aromatic rings. The van der Waals surface area contributed by atoms with E-state index in [4.69, 9.17) is 4.74 Å². The molecule has 126 valence electrons. The molecule has 23 heavy (non-hydrogen) atoms. The average Bonchev–Trinajstić information content (AvgIpc) is 3.04. The Morgan fingerprint density at radius 1 is 1.30 bits per heavy atom. The van der Waals surface area contributed by atoms with Crippen molar-refractivity contribution >= 4 is 17.7 Å². The predicted octanol–water partition coefficient (Wildman–Crippen LogP) is 2.59. The van der Waals surface area contributed by atoms with E-state index < -0.39 is 0 Å². The maximum atomic E-state index is 12.2. The van der Waals surface area contributed by atoms with Crippen LogP contribution >= 0.6 is 11.8 Å². The molecule has 1 amide bonds. The van der Waals surface area contributed by atoms with E-state index >= 15 is 0 Å². The van der Waals surface area contributed by atoms with Gasteiger partial charge < -0.3 is 15.4 Å². The van der Waals surface area contributed by atoms with E-state index in [0.717, 1.165) is 19.7 Å². The summed E-state index contributed by atoms with van der Waals surface area (Å²) < 4.78 is 5.57. The molecule has 1 aliphatic carbocycles. The summed E-state index contributed by atoms with van der Waals surface area (Å²) in [6.45, 7) is 2.98. The van der Waals surface area contributed by atoms with Gasteiger partial charge in [0.1, 0.15) is 0 Å². The molecule has 2 fully saturated rings. The Hall–Kier alpha value is -1.04. The Balaban J connectivity index is 1.51. The van der Waals surface area contributed by atoms with Gasteiger partial charge in [0.2, 0.25) is 5.91 Å². The van der Waals surface area contributed by atoms with Gasteiger partial charge in [0, 0.05) is 35.2 Å². The molecule has 5 heteroatoms. The molecule has 0 bridgehead atoms. The third-order valence-corrected chi connectivity index (χ3v) is 6.12. The number of ether oxygens (including phenoxy) is 1. The van der Waals surface area contributed by atoms with Crippen molar-refractivity contribution in [3.8, 4) is 0 Å². The normalized spacial score (nSPS) is 23.6. The van der Waals surface area contributed by atoms with Crippen LogP contribution in [0.4, 0.5) is 0 Å². The Kier molecular flexibility index (Phi) is 5.97. The number of hydrogen-bond donors (Lipinski definition) is 2. The number of carbonyl (C=O) groups excluding carboxylic acids is 1. The number of amides is 1. The minimum Gasteiger partial charge on any atom is -0.378 e. The SMILES string of the molecule is O=C(CC1COCCN1)NCC1(Sc2ccccc2)CCCC1. The molecule has 1 atom stereocenters. The highest BCUT2D eigenvalue weighted by Crippen LogP contribution is 2.44. The predicted molar refractivity (Wildman–Crippen MR) is 93.7 cm³/mol. The average molecular weight is 334 g/mol. The first-order valence-electron chi connectivity index (χ1n) is 8.58. The summed E-state index contributed by atoms with van der Waals surface area (Å²) in [6.07, 6.45) is 5.38. The van der Waals surface area contributed by atoms with E-state index in [1.165, 1.54) is 30.6 Å². The van der Waals surface area contributed by atoms with Crippen molar-refractivity contribution in [3.05, 3.63) is 30.3 Å². The number of rotatable bonds is 6. The van der Waals surface area contributed by atoms with E-state index in [0.29, 0.717) is 13.0 Å². The van der Waals surface area contributed by atoms with Gasteiger partial charge in [-0.3, -0.25) is 4.79 Å². The smallest absolute Gasteiger partial charge is 0.221 e. The number of hydrogen-bond acceptors (Lipinski definition) is 4. The summed E-state index contributed by atoms with van der Waals surface area (Å²) in [4.78, 5) is 13.5. The highest BCUT2D eigenvalue weighted by molar-refractivity contribution is 8.00. The van der Waals surface area contributed by atoms with Crippen molar-refractivity contribution in [1.82, 2.24) is 10.6 Å². The van der Waals surface area contributed by atoms with Gasteiger partial charge in [0.15, 0.2) is 0 Å². The van der Waals surface area contributed by atoms with Crippen molar-refractivity contribution in [1.29, 1.82) is 0 Å². The molecule has 0 spiro atoms. The summed E-state index contributed by atoms with van der Waals surface area (Å²) in [5, 5.41) is 6.51. The molecule has 1 saturated carbocycles. The van der Waals surface area contributed by atoms with E-state index in [1.807, 2.05) is 17.8 Å². The molecular weight excluding hydrogens is 308 g/mol. The molecule has 4 nitrogen and oxygen atoms in total. The molecule has 1 heterocycles. The number of morpholine rings is 1. The van der Waals surface area contributed by atoms with Gasteiger partial charge >= 0.3 is 0 Å². The molecule has 2 aliphatic rings.